The molecule has 0 saturated carbocycles. The predicted octanol–water partition coefficient (Wildman–Crippen LogP) is 0.962. The van der Waals surface area contributed by atoms with Crippen molar-refractivity contribution in [3.05, 3.63) is 25.3 Å². The van der Waals surface area contributed by atoms with E-state index in [-0.39, 0.29) is 20.4 Å². The minimum atomic E-state index is 0. The number of hydrogen-bond donors (Lipinski definition) is 0. The van der Waals surface area contributed by atoms with Gasteiger partial charge in [-0.2, -0.15) is 0 Å². The summed E-state index contributed by atoms with van der Waals surface area (Å²) in [5, 5.41) is 0. The molecule has 0 fully saturated rings. The van der Waals surface area contributed by atoms with Crippen LogP contribution in [0.2, 0.25) is 0 Å². The van der Waals surface area contributed by atoms with Crippen LogP contribution < -0.4 is 0 Å². The molecule has 1 radical (unpaired) electrons. The summed E-state index contributed by atoms with van der Waals surface area (Å²) < 4.78 is 0. The van der Waals surface area contributed by atoms with Gasteiger partial charge in [-0.3, -0.25) is 0 Å². The molecule has 0 aliphatic rings. The van der Waals surface area contributed by atoms with Crippen molar-refractivity contribution >= 4 is 0 Å². The minimum Gasteiger partial charge on any atom is -0.394 e. The van der Waals surface area contributed by atoms with Gasteiger partial charge in [0.2, 0.25) is 0 Å². The molecule has 0 unspecified atom stereocenters. The first-order valence-electron chi connectivity index (χ1n) is 1.00. The summed E-state index contributed by atoms with van der Waals surface area (Å²) >= 11 is 0. The van der Waals surface area contributed by atoms with Crippen LogP contribution in [0.25, 0.3) is 0 Å². The van der Waals surface area contributed by atoms with Crippen molar-refractivity contribution in [2.45, 2.75) is 0 Å². The van der Waals surface area contributed by atoms with E-state index < -0.39 is 0 Å². The maximum atomic E-state index is 4.72. The maximum absolute atomic E-state index is 4.72. The topological polar surface area (TPSA) is 0 Å². The van der Waals surface area contributed by atoms with Crippen molar-refractivity contribution in [2.24, 2.45) is 0 Å². The van der Waals surface area contributed by atoms with E-state index in [1.54, 1.807) is 0 Å². The normalized spacial score (nSPS) is 4.00. The van der Waals surface area contributed by atoms with Crippen LogP contribution >= 0.6 is 0 Å². The third-order valence-electron chi connectivity index (χ3n) is 0.111. The van der Waals surface area contributed by atoms with Crippen LogP contribution in [0.1, 0.15) is 0 Å². The maximum Gasteiger partial charge on any atom is 0 e. The summed E-state index contributed by atoms with van der Waals surface area (Å²) in [5.74, 6) is 0. The third-order valence-corrected chi connectivity index (χ3v) is 0.111. The summed E-state index contributed by atoms with van der Waals surface area (Å²) in [5.41, 5.74) is 0. The molecule has 29 valence electrons. The van der Waals surface area contributed by atoms with Crippen LogP contribution in [0.3, 0.4) is 0 Å². The zero-order valence-electron chi connectivity index (χ0n) is 2.69. The van der Waals surface area contributed by atoms with Gasteiger partial charge in [-0.1, -0.05) is 0 Å². The molecule has 0 heterocycles. The van der Waals surface area contributed by atoms with E-state index in [1.807, 2.05) is 0 Å². The molecule has 0 aromatic heterocycles. The largest absolute Gasteiger partial charge is 0.394 e. The van der Waals surface area contributed by atoms with Gasteiger partial charge in [-0.15, -0.1) is 0 Å². The van der Waals surface area contributed by atoms with Gasteiger partial charge >= 0.3 is 0 Å². The quantitative estimate of drug-likeness (QED) is 0.471. The number of allylic oxidation sites excluding steroid dienone is 2. The second-order valence-electron chi connectivity index (χ2n) is 0.385. The van der Waals surface area contributed by atoms with E-state index in [4.69, 9.17) is 13.2 Å². The SMILES string of the molecule is [CH-]=CC=[CH-].[Re]. The molecular weight excluding hydrogens is 234 g/mol. The Hall–Kier alpha value is 0.142. The summed E-state index contributed by atoms with van der Waals surface area (Å²) in [7, 11) is 0. The molecule has 1 heteroatoms. The van der Waals surface area contributed by atoms with Crippen molar-refractivity contribution in [3.8, 4) is 0 Å². The van der Waals surface area contributed by atoms with Crippen LogP contribution in [-0.4, -0.2) is 0 Å². The van der Waals surface area contributed by atoms with E-state index >= 15 is 0 Å². The van der Waals surface area contributed by atoms with E-state index in [2.05, 4.69) is 0 Å². The summed E-state index contributed by atoms with van der Waals surface area (Å²) in [6.07, 6.45) is 2.56. The zero-order chi connectivity index (χ0) is 3.41. The fourth-order valence-corrected chi connectivity index (χ4v) is 0. The first-order chi connectivity index (χ1) is 1.91. The number of hydrogen-bond acceptors (Lipinski definition) is 0. The molecule has 0 saturated heterocycles. The van der Waals surface area contributed by atoms with Gasteiger partial charge in [-0.25, -0.2) is 0 Å². The van der Waals surface area contributed by atoms with E-state index in [0.717, 1.165) is 0 Å². The van der Waals surface area contributed by atoms with Gasteiger partial charge in [0.25, 0.3) is 0 Å². The van der Waals surface area contributed by atoms with Crippen molar-refractivity contribution in [1.29, 1.82) is 0 Å². The molecular formula is C4H4Re-2. The molecule has 0 aromatic carbocycles. The summed E-state index contributed by atoms with van der Waals surface area (Å²) in [6, 6.07) is 0. The van der Waals surface area contributed by atoms with Gasteiger partial charge in [0.15, 0.2) is 0 Å². The van der Waals surface area contributed by atoms with Crippen LogP contribution in [0, 0.1) is 13.2 Å². The molecule has 0 aliphatic heterocycles. The molecule has 0 rings (SSSR count). The Morgan fingerprint density at radius 2 is 1.20 bits per heavy atom. The molecule has 0 N–H and O–H groups in total. The minimum absolute atomic E-state index is 0. The van der Waals surface area contributed by atoms with Gasteiger partial charge < -0.3 is 25.3 Å². The first kappa shape index (κ1) is 8.94. The van der Waals surface area contributed by atoms with E-state index in [0.29, 0.717) is 0 Å². The Balaban J connectivity index is 0. The molecule has 0 spiro atoms. The molecule has 0 aliphatic carbocycles. The van der Waals surface area contributed by atoms with Gasteiger partial charge in [0.05, 0.1) is 0 Å². The molecule has 0 aromatic rings. The zero-order valence-corrected chi connectivity index (χ0v) is 5.40. The number of rotatable bonds is 1. The van der Waals surface area contributed by atoms with Crippen molar-refractivity contribution in [1.82, 2.24) is 0 Å². The second-order valence-corrected chi connectivity index (χ2v) is 0.385. The van der Waals surface area contributed by atoms with Crippen molar-refractivity contribution in [2.75, 3.05) is 0 Å². The third kappa shape index (κ3) is 14.6. The van der Waals surface area contributed by atoms with Gasteiger partial charge in [0, 0.05) is 20.4 Å². The average molecular weight is 238 g/mol. The monoisotopic (exact) mass is 239 g/mol. The Bertz CT molecular complexity index is 24.6. The summed E-state index contributed by atoms with van der Waals surface area (Å²) in [4.78, 5) is 0. The Labute approximate surface area is 46.2 Å². The molecule has 5 heavy (non-hydrogen) atoms. The van der Waals surface area contributed by atoms with Gasteiger partial charge in [0.1, 0.15) is 0 Å². The molecule has 0 amide bonds. The van der Waals surface area contributed by atoms with Crippen molar-refractivity contribution < 1.29 is 20.4 Å². The fourth-order valence-electron chi connectivity index (χ4n) is 0. The van der Waals surface area contributed by atoms with E-state index in [9.17, 15) is 0 Å². The second kappa shape index (κ2) is 8.91. The molecule has 0 bridgehead atoms. The molecule has 0 nitrogen and oxygen atoms in total. The standard InChI is InChI=1S/C4H4.Re/c1-3-4-2;/h1-4H;/q-2;. The Morgan fingerprint density at radius 3 is 1.20 bits per heavy atom. The first-order valence-corrected chi connectivity index (χ1v) is 1.00. The van der Waals surface area contributed by atoms with E-state index in [1.165, 1.54) is 12.2 Å². The van der Waals surface area contributed by atoms with Crippen LogP contribution in [0.4, 0.5) is 0 Å². The predicted molar refractivity (Wildman–Crippen MR) is 17.7 cm³/mol. The Kier molecular flexibility index (Phi) is 15.9. The van der Waals surface area contributed by atoms with Crippen LogP contribution in [0.15, 0.2) is 12.2 Å². The summed E-state index contributed by atoms with van der Waals surface area (Å²) in [6.45, 7) is 9.44. The molecule has 0 atom stereocenters. The Morgan fingerprint density at radius 1 is 1.00 bits per heavy atom. The smallest absolute Gasteiger partial charge is 0 e. The fraction of sp³-hybridized carbons (Fsp3) is 0. The van der Waals surface area contributed by atoms with Gasteiger partial charge in [-0.05, 0) is 0 Å². The van der Waals surface area contributed by atoms with Crippen LogP contribution in [-0.2, 0) is 20.4 Å². The van der Waals surface area contributed by atoms with Crippen molar-refractivity contribution in [3.63, 3.8) is 0 Å². The van der Waals surface area contributed by atoms with Crippen LogP contribution in [0.5, 0.6) is 0 Å². The average Bonchev–Trinajstić information content (AvgIpc) is 1.37.